The number of benzene rings is 2. The molecule has 0 atom stereocenters. The summed E-state index contributed by atoms with van der Waals surface area (Å²) in [5, 5.41) is 3.33. The predicted molar refractivity (Wildman–Crippen MR) is 101 cm³/mol. The summed E-state index contributed by atoms with van der Waals surface area (Å²) >= 11 is 12.1. The van der Waals surface area contributed by atoms with E-state index in [4.69, 9.17) is 23.2 Å². The molecule has 0 saturated carbocycles. The Morgan fingerprint density at radius 2 is 1.88 bits per heavy atom. The third-order valence-corrected chi connectivity index (χ3v) is 6.45. The van der Waals surface area contributed by atoms with Gasteiger partial charge >= 0.3 is 0 Å². The molecule has 1 heterocycles. The Morgan fingerprint density at radius 1 is 1.15 bits per heavy atom. The average molecular weight is 413 g/mol. The molecule has 3 rings (SSSR count). The lowest BCUT2D eigenvalue weighted by molar-refractivity contribution is -0.116. The summed E-state index contributed by atoms with van der Waals surface area (Å²) in [6, 6.07) is 9.15. The standard InChI is InChI=1S/C17H14Cl2N2O4S/c1-10-13(18)3-2-4-15(10)20-17(23)12-9-11(5-6-14(12)19)21-16(22)7-8-26(21,24)25/h2-6,9H,7-8H2,1H3,(H,20,23). The van der Waals surface area contributed by atoms with E-state index in [-0.39, 0.29) is 28.4 Å². The van der Waals surface area contributed by atoms with Crippen LogP contribution >= 0.6 is 23.2 Å². The first kappa shape index (κ1) is 18.7. The number of rotatable bonds is 3. The van der Waals surface area contributed by atoms with Crippen molar-refractivity contribution in [3.8, 4) is 0 Å². The van der Waals surface area contributed by atoms with Crippen molar-refractivity contribution in [2.45, 2.75) is 13.3 Å². The molecule has 1 N–H and O–H groups in total. The maximum absolute atomic E-state index is 12.6. The van der Waals surface area contributed by atoms with Crippen LogP contribution in [0.3, 0.4) is 0 Å². The van der Waals surface area contributed by atoms with E-state index in [2.05, 4.69) is 5.32 Å². The molecule has 136 valence electrons. The zero-order chi connectivity index (χ0) is 19.1. The molecule has 2 aromatic carbocycles. The van der Waals surface area contributed by atoms with Gasteiger partial charge in [-0.3, -0.25) is 9.59 Å². The molecule has 1 aliphatic rings. The summed E-state index contributed by atoms with van der Waals surface area (Å²) in [5.41, 5.74) is 1.34. The predicted octanol–water partition coefficient (Wildman–Crippen LogP) is 3.62. The van der Waals surface area contributed by atoms with E-state index >= 15 is 0 Å². The summed E-state index contributed by atoms with van der Waals surface area (Å²) in [6.07, 6.45) is -0.0891. The van der Waals surface area contributed by atoms with E-state index in [9.17, 15) is 18.0 Å². The van der Waals surface area contributed by atoms with Crippen molar-refractivity contribution < 1.29 is 18.0 Å². The summed E-state index contributed by atoms with van der Waals surface area (Å²) in [5.74, 6) is -1.33. The molecule has 9 heteroatoms. The first-order valence-electron chi connectivity index (χ1n) is 7.62. The molecule has 26 heavy (non-hydrogen) atoms. The Morgan fingerprint density at radius 3 is 2.54 bits per heavy atom. The highest BCUT2D eigenvalue weighted by molar-refractivity contribution is 7.94. The van der Waals surface area contributed by atoms with Gasteiger partial charge in [0, 0.05) is 17.1 Å². The molecule has 0 bridgehead atoms. The van der Waals surface area contributed by atoms with Gasteiger partial charge < -0.3 is 5.32 Å². The zero-order valence-electron chi connectivity index (χ0n) is 13.6. The number of nitrogens with one attached hydrogen (secondary N) is 1. The molecular formula is C17H14Cl2N2O4S. The van der Waals surface area contributed by atoms with Gasteiger partial charge in [0.05, 0.1) is 22.0 Å². The summed E-state index contributed by atoms with van der Waals surface area (Å²) < 4.78 is 24.9. The molecule has 1 fully saturated rings. The van der Waals surface area contributed by atoms with Crippen LogP contribution in [-0.4, -0.2) is 26.0 Å². The van der Waals surface area contributed by atoms with Crippen LogP contribution in [-0.2, 0) is 14.8 Å². The topological polar surface area (TPSA) is 83.6 Å². The van der Waals surface area contributed by atoms with E-state index < -0.39 is 21.8 Å². The monoisotopic (exact) mass is 412 g/mol. The quantitative estimate of drug-likeness (QED) is 0.833. The Labute approximate surface area is 160 Å². The van der Waals surface area contributed by atoms with E-state index in [1.165, 1.54) is 18.2 Å². The van der Waals surface area contributed by atoms with Gasteiger partial charge in [-0.1, -0.05) is 29.3 Å². The van der Waals surface area contributed by atoms with Crippen molar-refractivity contribution in [1.29, 1.82) is 0 Å². The number of amides is 2. The molecule has 0 aromatic heterocycles. The van der Waals surface area contributed by atoms with Crippen LogP contribution in [0.2, 0.25) is 10.0 Å². The number of sulfonamides is 1. The van der Waals surface area contributed by atoms with Crippen LogP contribution in [0.4, 0.5) is 11.4 Å². The highest BCUT2D eigenvalue weighted by Crippen LogP contribution is 2.30. The first-order chi connectivity index (χ1) is 12.2. The maximum Gasteiger partial charge on any atom is 0.257 e. The summed E-state index contributed by atoms with van der Waals surface area (Å²) in [7, 11) is -3.72. The second kappa shape index (κ2) is 6.90. The van der Waals surface area contributed by atoms with E-state index in [1.807, 2.05) is 0 Å². The van der Waals surface area contributed by atoms with Crippen LogP contribution in [0.5, 0.6) is 0 Å². The van der Waals surface area contributed by atoms with Gasteiger partial charge in [-0.05, 0) is 42.8 Å². The van der Waals surface area contributed by atoms with Crippen LogP contribution in [0.15, 0.2) is 36.4 Å². The van der Waals surface area contributed by atoms with Gasteiger partial charge in [0.15, 0.2) is 0 Å². The number of nitrogens with zero attached hydrogens (tertiary/aromatic N) is 1. The van der Waals surface area contributed by atoms with Gasteiger partial charge in [0.25, 0.3) is 5.91 Å². The lowest BCUT2D eigenvalue weighted by Crippen LogP contribution is -2.29. The third kappa shape index (κ3) is 3.42. The maximum atomic E-state index is 12.6. The molecule has 0 aliphatic carbocycles. The van der Waals surface area contributed by atoms with Crippen molar-refractivity contribution in [2.24, 2.45) is 0 Å². The van der Waals surface area contributed by atoms with Crippen LogP contribution in [0.25, 0.3) is 0 Å². The molecular weight excluding hydrogens is 399 g/mol. The fraction of sp³-hybridized carbons (Fsp3) is 0.176. The molecule has 1 aliphatic heterocycles. The van der Waals surface area contributed by atoms with E-state index in [0.29, 0.717) is 20.6 Å². The summed E-state index contributed by atoms with van der Waals surface area (Å²) in [4.78, 5) is 24.5. The fourth-order valence-electron chi connectivity index (χ4n) is 2.61. The van der Waals surface area contributed by atoms with E-state index in [1.54, 1.807) is 25.1 Å². The Balaban J connectivity index is 1.97. The minimum atomic E-state index is -3.72. The molecule has 0 spiro atoms. The van der Waals surface area contributed by atoms with Crippen molar-refractivity contribution >= 4 is 56.4 Å². The minimum Gasteiger partial charge on any atom is -0.322 e. The van der Waals surface area contributed by atoms with Crippen molar-refractivity contribution in [2.75, 3.05) is 15.4 Å². The van der Waals surface area contributed by atoms with E-state index in [0.717, 1.165) is 0 Å². The normalized spacial score (nSPS) is 16.0. The number of hydrogen-bond donors (Lipinski definition) is 1. The number of carbonyl (C=O) groups is 2. The second-order valence-electron chi connectivity index (χ2n) is 5.75. The SMILES string of the molecule is Cc1c(Cl)cccc1NC(=O)c1cc(N2C(=O)CCS2(=O)=O)ccc1Cl. The highest BCUT2D eigenvalue weighted by Gasteiger charge is 2.36. The molecule has 2 aromatic rings. The lowest BCUT2D eigenvalue weighted by Gasteiger charge is -2.17. The zero-order valence-corrected chi connectivity index (χ0v) is 16.0. The number of anilines is 2. The summed E-state index contributed by atoms with van der Waals surface area (Å²) in [6.45, 7) is 1.76. The van der Waals surface area contributed by atoms with Gasteiger partial charge in [-0.2, -0.15) is 0 Å². The molecule has 6 nitrogen and oxygen atoms in total. The molecule has 1 saturated heterocycles. The van der Waals surface area contributed by atoms with Crippen LogP contribution in [0, 0.1) is 6.92 Å². The van der Waals surface area contributed by atoms with Crippen molar-refractivity contribution in [3.05, 3.63) is 57.6 Å². The molecule has 0 radical (unpaired) electrons. The fourth-order valence-corrected chi connectivity index (χ4v) is 4.44. The lowest BCUT2D eigenvalue weighted by atomic mass is 10.1. The smallest absolute Gasteiger partial charge is 0.257 e. The van der Waals surface area contributed by atoms with Crippen LogP contribution in [0.1, 0.15) is 22.3 Å². The average Bonchev–Trinajstić information content (AvgIpc) is 2.85. The van der Waals surface area contributed by atoms with Gasteiger partial charge in [-0.15, -0.1) is 0 Å². The van der Waals surface area contributed by atoms with Gasteiger partial charge in [-0.25, -0.2) is 12.7 Å². The number of halogens is 2. The van der Waals surface area contributed by atoms with Crippen LogP contribution < -0.4 is 9.62 Å². The Bertz CT molecular complexity index is 1020. The minimum absolute atomic E-state index is 0.0541. The number of carbonyl (C=O) groups excluding carboxylic acids is 2. The number of hydrogen-bond acceptors (Lipinski definition) is 4. The molecule has 2 amide bonds. The van der Waals surface area contributed by atoms with Crippen molar-refractivity contribution in [1.82, 2.24) is 0 Å². The van der Waals surface area contributed by atoms with Gasteiger partial charge in [0.2, 0.25) is 15.9 Å². The highest BCUT2D eigenvalue weighted by atomic mass is 35.5. The second-order valence-corrected chi connectivity index (χ2v) is 8.51. The van der Waals surface area contributed by atoms with Gasteiger partial charge in [0.1, 0.15) is 0 Å². The molecule has 0 unspecified atom stereocenters. The Hall–Kier alpha value is -2.09. The Kier molecular flexibility index (Phi) is 4.96. The van der Waals surface area contributed by atoms with Crippen molar-refractivity contribution in [3.63, 3.8) is 0 Å². The third-order valence-electron chi connectivity index (χ3n) is 4.02. The first-order valence-corrected chi connectivity index (χ1v) is 9.99. The largest absolute Gasteiger partial charge is 0.322 e.